The highest BCUT2D eigenvalue weighted by Gasteiger charge is 2.24. The summed E-state index contributed by atoms with van der Waals surface area (Å²) in [6.07, 6.45) is 2.34. The van der Waals surface area contributed by atoms with E-state index in [1.165, 1.54) is 9.08 Å². The highest BCUT2D eigenvalue weighted by molar-refractivity contribution is 6.04. The van der Waals surface area contributed by atoms with Crippen LogP contribution in [0.2, 0.25) is 0 Å². The van der Waals surface area contributed by atoms with Crippen LogP contribution in [0.25, 0.3) is 22.2 Å². The summed E-state index contributed by atoms with van der Waals surface area (Å²) in [5.74, 6) is 5.42. The van der Waals surface area contributed by atoms with Crippen LogP contribution >= 0.6 is 0 Å². The molecule has 0 aliphatic carbocycles. The number of amides is 1. The van der Waals surface area contributed by atoms with E-state index >= 15 is 0 Å². The van der Waals surface area contributed by atoms with E-state index in [4.69, 9.17) is 10.7 Å². The fraction of sp³-hybridized carbons (Fsp3) is 0.148. The van der Waals surface area contributed by atoms with Crippen LogP contribution in [0, 0.1) is 11.8 Å². The molecule has 0 saturated heterocycles. The predicted molar refractivity (Wildman–Crippen MR) is 139 cm³/mol. The third-order valence-electron chi connectivity index (χ3n) is 5.74. The first-order valence-corrected chi connectivity index (χ1v) is 11.6. The number of nitrogens with two attached hydrogens (primary N) is 1. The van der Waals surface area contributed by atoms with Crippen LogP contribution in [0.5, 0.6) is 0 Å². The van der Waals surface area contributed by atoms with Crippen LogP contribution in [0.1, 0.15) is 41.6 Å². The third kappa shape index (κ3) is 4.39. The molecular weight excluding hydrogens is 470 g/mol. The van der Waals surface area contributed by atoms with Crippen molar-refractivity contribution in [3.8, 4) is 17.5 Å². The average molecular weight is 494 g/mol. The molecule has 4 N–H and O–H groups in total. The van der Waals surface area contributed by atoms with Gasteiger partial charge in [-0.1, -0.05) is 36.1 Å². The molecule has 2 atom stereocenters. The van der Waals surface area contributed by atoms with Gasteiger partial charge in [-0.15, -0.1) is 5.10 Å². The van der Waals surface area contributed by atoms with E-state index in [-0.39, 0.29) is 16.9 Å². The Hall–Kier alpha value is -5.01. The Balaban J connectivity index is 1.66. The lowest BCUT2D eigenvalue weighted by molar-refractivity contribution is 0.0940. The zero-order valence-electron chi connectivity index (χ0n) is 20.1. The number of hydrogen-bond acceptors (Lipinski definition) is 7. The molecule has 3 heterocycles. The van der Waals surface area contributed by atoms with Gasteiger partial charge in [-0.25, -0.2) is 14.5 Å². The van der Waals surface area contributed by atoms with Gasteiger partial charge < -0.3 is 16.2 Å². The minimum Gasteiger partial charge on any atom is -0.381 e. The number of aliphatic hydroxyl groups is 1. The third-order valence-corrected chi connectivity index (χ3v) is 5.74. The zero-order valence-corrected chi connectivity index (χ0v) is 20.1. The summed E-state index contributed by atoms with van der Waals surface area (Å²) in [7, 11) is 0. The van der Waals surface area contributed by atoms with E-state index in [0.29, 0.717) is 33.6 Å². The molecule has 0 bridgehead atoms. The van der Waals surface area contributed by atoms with E-state index in [1.807, 2.05) is 18.2 Å². The maximum absolute atomic E-state index is 13.9. The maximum Gasteiger partial charge on any atom is 0.267 e. The van der Waals surface area contributed by atoms with Crippen LogP contribution in [-0.2, 0) is 0 Å². The topological polar surface area (TPSA) is 140 Å². The molecule has 10 heteroatoms. The van der Waals surface area contributed by atoms with Gasteiger partial charge in [-0.3, -0.25) is 14.2 Å². The molecule has 5 aromatic rings. The minimum atomic E-state index is -0.851. The van der Waals surface area contributed by atoms with E-state index < -0.39 is 18.1 Å². The van der Waals surface area contributed by atoms with E-state index in [9.17, 15) is 14.7 Å². The number of rotatable bonds is 4. The molecule has 0 fully saturated rings. The number of para-hydroxylation sites is 1. The largest absolute Gasteiger partial charge is 0.381 e. The number of anilines is 1. The molecule has 0 aliphatic rings. The van der Waals surface area contributed by atoms with Crippen molar-refractivity contribution < 1.29 is 9.90 Å². The van der Waals surface area contributed by atoms with Gasteiger partial charge in [0.25, 0.3) is 11.5 Å². The fourth-order valence-corrected chi connectivity index (χ4v) is 4.11. The first-order chi connectivity index (χ1) is 17.8. The van der Waals surface area contributed by atoms with Crippen LogP contribution < -0.4 is 16.6 Å². The Morgan fingerprint density at radius 2 is 1.89 bits per heavy atom. The van der Waals surface area contributed by atoms with Gasteiger partial charge in [0.15, 0.2) is 11.5 Å². The summed E-state index contributed by atoms with van der Waals surface area (Å²) in [5.41, 5.74) is 7.58. The molecule has 10 nitrogen and oxygen atoms in total. The Morgan fingerprint density at radius 3 is 2.65 bits per heavy atom. The Labute approximate surface area is 211 Å². The van der Waals surface area contributed by atoms with Crippen LogP contribution in [0.4, 0.5) is 5.82 Å². The van der Waals surface area contributed by atoms with Crippen LogP contribution in [-0.4, -0.2) is 41.3 Å². The monoisotopic (exact) mass is 493 g/mol. The summed E-state index contributed by atoms with van der Waals surface area (Å²) in [6, 6.07) is 15.2. The van der Waals surface area contributed by atoms with Crippen molar-refractivity contribution in [3.63, 3.8) is 0 Å². The van der Waals surface area contributed by atoms with Crippen LogP contribution in [0.15, 0.2) is 71.8 Å². The number of nitrogens with zero attached hydrogens (tertiary/aromatic N) is 5. The molecular formula is C27H23N7O3. The second kappa shape index (κ2) is 9.56. The number of nitrogens with one attached hydrogen (secondary N) is 1. The summed E-state index contributed by atoms with van der Waals surface area (Å²) in [6.45, 7) is 3.28. The first-order valence-electron chi connectivity index (χ1n) is 11.6. The first kappa shape index (κ1) is 23.7. The molecule has 1 amide bonds. The fourth-order valence-electron chi connectivity index (χ4n) is 4.11. The number of carbonyl (C=O) groups is 1. The molecule has 3 aromatic heterocycles. The number of fused-ring (bicyclic) bond motifs is 2. The van der Waals surface area contributed by atoms with Gasteiger partial charge >= 0.3 is 0 Å². The van der Waals surface area contributed by atoms with Gasteiger partial charge in [0.2, 0.25) is 0 Å². The van der Waals surface area contributed by atoms with E-state index in [1.54, 1.807) is 62.6 Å². The number of carbonyl (C=O) groups excluding carboxylic acids is 1. The van der Waals surface area contributed by atoms with E-state index in [2.05, 4.69) is 27.2 Å². The van der Waals surface area contributed by atoms with Gasteiger partial charge in [0, 0.05) is 18.0 Å². The second-order valence-corrected chi connectivity index (χ2v) is 8.43. The summed E-state index contributed by atoms with van der Waals surface area (Å²) in [5, 5.41) is 17.0. The zero-order chi connectivity index (χ0) is 26.1. The molecule has 0 radical (unpaired) electrons. The molecule has 2 aromatic carbocycles. The number of benzene rings is 2. The van der Waals surface area contributed by atoms with Crippen molar-refractivity contribution in [2.24, 2.45) is 0 Å². The van der Waals surface area contributed by atoms with Crippen molar-refractivity contribution in [2.75, 3.05) is 5.73 Å². The number of aromatic nitrogens is 5. The lowest BCUT2D eigenvalue weighted by Crippen LogP contribution is -2.33. The molecule has 37 heavy (non-hydrogen) atoms. The quantitative estimate of drug-likeness (QED) is 0.326. The molecule has 184 valence electrons. The average Bonchev–Trinajstić information content (AvgIpc) is 3.23. The normalized spacial score (nSPS) is 12.6. The molecule has 1 unspecified atom stereocenters. The lowest BCUT2D eigenvalue weighted by atomic mass is 10.1. The Bertz CT molecular complexity index is 1760. The van der Waals surface area contributed by atoms with Crippen molar-refractivity contribution in [2.45, 2.75) is 26.0 Å². The molecule has 0 spiro atoms. The Kier molecular flexibility index (Phi) is 6.13. The van der Waals surface area contributed by atoms with Crippen molar-refractivity contribution >= 4 is 28.3 Å². The molecule has 5 rings (SSSR count). The van der Waals surface area contributed by atoms with Crippen LogP contribution in [0.3, 0.4) is 0 Å². The van der Waals surface area contributed by atoms with E-state index in [0.717, 1.165) is 0 Å². The molecule has 0 saturated carbocycles. The standard InChI is InChI=1S/C27H23N7O3/c1-16(35)12-13-18-8-6-11-20-21(18)27(37)34(19-9-4-3-5-10-19)24(31-20)17(2)30-26(36)22-23(28)32-33-15-7-14-29-25(22)33/h3-11,14-17,35H,1-2H3,(H2,28,32)(H,30,36)/t16-,17?/m0/s1. The van der Waals surface area contributed by atoms with Gasteiger partial charge in [-0.2, -0.15) is 0 Å². The summed E-state index contributed by atoms with van der Waals surface area (Å²) in [4.78, 5) is 36.2. The Morgan fingerprint density at radius 1 is 1.11 bits per heavy atom. The number of aliphatic hydroxyl groups excluding tert-OH is 1. The number of hydrogen-bond donors (Lipinski definition) is 3. The SMILES string of the molecule is CC(NC(=O)c1c(N)nn2cccnc12)c1nc2cccc(C#C[C@H](C)O)c2c(=O)n1-c1ccccc1. The van der Waals surface area contributed by atoms with Gasteiger partial charge in [-0.05, 0) is 44.2 Å². The molecule has 0 aliphatic heterocycles. The maximum atomic E-state index is 13.9. The predicted octanol–water partition coefficient (Wildman–Crippen LogP) is 2.23. The van der Waals surface area contributed by atoms with Gasteiger partial charge in [0.05, 0.1) is 22.6 Å². The summed E-state index contributed by atoms with van der Waals surface area (Å²) < 4.78 is 2.89. The highest BCUT2D eigenvalue weighted by atomic mass is 16.3. The second-order valence-electron chi connectivity index (χ2n) is 8.43. The van der Waals surface area contributed by atoms with Gasteiger partial charge in [0.1, 0.15) is 17.5 Å². The minimum absolute atomic E-state index is 0.0386. The van der Waals surface area contributed by atoms with Crippen molar-refractivity contribution in [1.82, 2.24) is 29.5 Å². The van der Waals surface area contributed by atoms with Crippen molar-refractivity contribution in [3.05, 3.63) is 94.3 Å². The highest BCUT2D eigenvalue weighted by Crippen LogP contribution is 2.22. The van der Waals surface area contributed by atoms with Crippen molar-refractivity contribution in [1.29, 1.82) is 0 Å². The lowest BCUT2D eigenvalue weighted by Gasteiger charge is -2.20. The smallest absolute Gasteiger partial charge is 0.267 e. The summed E-state index contributed by atoms with van der Waals surface area (Å²) >= 11 is 0. The number of nitrogen functional groups attached to an aromatic ring is 1.